The van der Waals surface area contributed by atoms with Gasteiger partial charge >= 0.3 is 17.8 Å². The molecular formula is C12H19N3O5. The Morgan fingerprint density at radius 1 is 1.20 bits per heavy atom. The average Bonchev–Trinajstić information content (AvgIpc) is 2.40. The maximum atomic E-state index is 11.7. The van der Waals surface area contributed by atoms with Crippen LogP contribution < -0.4 is 5.32 Å². The monoisotopic (exact) mass is 285 g/mol. The van der Waals surface area contributed by atoms with Gasteiger partial charge in [0.15, 0.2) is 0 Å². The number of likely N-dealkylation sites (N-methyl/N-ethyl adjacent to an activating group) is 1. The lowest BCUT2D eigenvalue weighted by molar-refractivity contribution is -0.156. The SMILES string of the molecule is CCN1CCN(CC(=O)NCCCC(=O)O)C(=O)C1=O. The quantitative estimate of drug-likeness (QED) is 0.444. The van der Waals surface area contributed by atoms with E-state index in [1.54, 1.807) is 6.92 Å². The van der Waals surface area contributed by atoms with E-state index in [4.69, 9.17) is 5.11 Å². The summed E-state index contributed by atoms with van der Waals surface area (Å²) in [6.45, 7) is 3.08. The van der Waals surface area contributed by atoms with Crippen LogP contribution in [0.4, 0.5) is 0 Å². The predicted octanol–water partition coefficient (Wildman–Crippen LogP) is -1.34. The first kappa shape index (κ1) is 15.9. The summed E-state index contributed by atoms with van der Waals surface area (Å²) >= 11 is 0. The minimum absolute atomic E-state index is 0.0210. The summed E-state index contributed by atoms with van der Waals surface area (Å²) in [6.07, 6.45) is 0.310. The van der Waals surface area contributed by atoms with Crippen LogP contribution in [0.25, 0.3) is 0 Å². The van der Waals surface area contributed by atoms with Gasteiger partial charge in [-0.15, -0.1) is 0 Å². The first-order valence-electron chi connectivity index (χ1n) is 6.52. The molecule has 1 rings (SSSR count). The molecule has 0 saturated carbocycles. The molecule has 112 valence electrons. The van der Waals surface area contributed by atoms with Gasteiger partial charge in [-0.3, -0.25) is 19.2 Å². The second-order valence-corrected chi connectivity index (χ2v) is 4.46. The number of piperazine rings is 1. The molecule has 8 nitrogen and oxygen atoms in total. The van der Waals surface area contributed by atoms with E-state index in [0.29, 0.717) is 26.1 Å². The Bertz CT molecular complexity index is 410. The van der Waals surface area contributed by atoms with E-state index >= 15 is 0 Å². The van der Waals surface area contributed by atoms with Crippen LogP contribution in [-0.2, 0) is 19.2 Å². The third-order valence-corrected chi connectivity index (χ3v) is 3.00. The van der Waals surface area contributed by atoms with Crippen molar-refractivity contribution in [3.05, 3.63) is 0 Å². The van der Waals surface area contributed by atoms with Crippen molar-refractivity contribution in [2.75, 3.05) is 32.7 Å². The van der Waals surface area contributed by atoms with Gasteiger partial charge < -0.3 is 20.2 Å². The molecule has 0 radical (unpaired) electrons. The van der Waals surface area contributed by atoms with Crippen molar-refractivity contribution in [3.63, 3.8) is 0 Å². The molecule has 1 aliphatic rings. The summed E-state index contributed by atoms with van der Waals surface area (Å²) in [5.41, 5.74) is 0. The summed E-state index contributed by atoms with van der Waals surface area (Å²) in [4.78, 5) is 47.9. The molecule has 8 heteroatoms. The molecule has 3 amide bonds. The number of carbonyl (C=O) groups is 4. The number of nitrogens with zero attached hydrogens (tertiary/aromatic N) is 2. The zero-order valence-electron chi connectivity index (χ0n) is 11.4. The topological polar surface area (TPSA) is 107 Å². The minimum Gasteiger partial charge on any atom is -0.481 e. The van der Waals surface area contributed by atoms with E-state index in [0.717, 1.165) is 0 Å². The average molecular weight is 285 g/mol. The summed E-state index contributed by atoms with van der Waals surface area (Å²) < 4.78 is 0. The van der Waals surface area contributed by atoms with Crippen LogP contribution in [0.5, 0.6) is 0 Å². The van der Waals surface area contributed by atoms with Gasteiger partial charge in [0.1, 0.15) is 6.54 Å². The molecule has 0 atom stereocenters. The molecule has 0 bridgehead atoms. The van der Waals surface area contributed by atoms with Crippen LogP contribution in [0.15, 0.2) is 0 Å². The Kier molecular flexibility index (Phi) is 5.95. The predicted molar refractivity (Wildman–Crippen MR) is 68.7 cm³/mol. The van der Waals surface area contributed by atoms with Gasteiger partial charge in [0.2, 0.25) is 5.91 Å². The van der Waals surface area contributed by atoms with Gasteiger partial charge in [-0.2, -0.15) is 0 Å². The Morgan fingerprint density at radius 3 is 2.40 bits per heavy atom. The highest BCUT2D eigenvalue weighted by atomic mass is 16.4. The fourth-order valence-electron chi connectivity index (χ4n) is 1.86. The van der Waals surface area contributed by atoms with E-state index in [2.05, 4.69) is 5.32 Å². The zero-order chi connectivity index (χ0) is 15.1. The third kappa shape index (κ3) is 4.52. The molecule has 0 aromatic heterocycles. The van der Waals surface area contributed by atoms with Crippen molar-refractivity contribution in [1.29, 1.82) is 0 Å². The van der Waals surface area contributed by atoms with E-state index < -0.39 is 17.8 Å². The Hall–Kier alpha value is -2.12. The lowest BCUT2D eigenvalue weighted by atomic mass is 10.2. The van der Waals surface area contributed by atoms with Crippen LogP contribution >= 0.6 is 0 Å². The minimum atomic E-state index is -0.921. The van der Waals surface area contributed by atoms with Crippen molar-refractivity contribution in [2.24, 2.45) is 0 Å². The van der Waals surface area contributed by atoms with Gasteiger partial charge in [0.25, 0.3) is 0 Å². The van der Waals surface area contributed by atoms with Crippen LogP contribution in [0.3, 0.4) is 0 Å². The Labute approximate surface area is 116 Å². The second kappa shape index (κ2) is 7.46. The number of rotatable bonds is 7. The molecule has 0 unspecified atom stereocenters. The molecular weight excluding hydrogens is 266 g/mol. The van der Waals surface area contributed by atoms with E-state index in [-0.39, 0.29) is 25.4 Å². The van der Waals surface area contributed by atoms with Gasteiger partial charge in [0.05, 0.1) is 0 Å². The molecule has 1 heterocycles. The van der Waals surface area contributed by atoms with Crippen molar-refractivity contribution in [3.8, 4) is 0 Å². The first-order chi connectivity index (χ1) is 9.45. The molecule has 0 aromatic rings. The fourth-order valence-corrected chi connectivity index (χ4v) is 1.86. The normalized spacial score (nSPS) is 15.4. The fraction of sp³-hybridized carbons (Fsp3) is 0.667. The van der Waals surface area contributed by atoms with E-state index in [1.807, 2.05) is 0 Å². The van der Waals surface area contributed by atoms with Crippen molar-refractivity contribution < 1.29 is 24.3 Å². The zero-order valence-corrected chi connectivity index (χ0v) is 11.4. The highest BCUT2D eigenvalue weighted by Gasteiger charge is 2.32. The number of aliphatic carboxylic acids is 1. The first-order valence-corrected chi connectivity index (χ1v) is 6.52. The number of amides is 3. The Morgan fingerprint density at radius 2 is 1.80 bits per heavy atom. The smallest absolute Gasteiger partial charge is 0.312 e. The molecule has 0 spiro atoms. The number of carboxylic acids is 1. The van der Waals surface area contributed by atoms with Gasteiger partial charge in [-0.1, -0.05) is 0 Å². The van der Waals surface area contributed by atoms with Crippen molar-refractivity contribution in [2.45, 2.75) is 19.8 Å². The third-order valence-electron chi connectivity index (χ3n) is 3.00. The molecule has 0 aliphatic carbocycles. The highest BCUT2D eigenvalue weighted by molar-refractivity contribution is 6.35. The molecule has 1 aliphatic heterocycles. The molecule has 1 saturated heterocycles. The standard InChI is InChI=1S/C12H19N3O5/c1-2-14-6-7-15(12(20)11(14)19)8-9(16)13-5-3-4-10(17)18/h2-8H2,1H3,(H,13,16)(H,17,18). The highest BCUT2D eigenvalue weighted by Crippen LogP contribution is 2.04. The van der Waals surface area contributed by atoms with Crippen LogP contribution in [0.2, 0.25) is 0 Å². The molecule has 20 heavy (non-hydrogen) atoms. The maximum Gasteiger partial charge on any atom is 0.312 e. The summed E-state index contributed by atoms with van der Waals surface area (Å²) in [6, 6.07) is 0. The molecule has 1 fully saturated rings. The van der Waals surface area contributed by atoms with Gasteiger partial charge in [-0.25, -0.2) is 0 Å². The Balaban J connectivity index is 2.33. The van der Waals surface area contributed by atoms with Crippen molar-refractivity contribution in [1.82, 2.24) is 15.1 Å². The van der Waals surface area contributed by atoms with Crippen LogP contribution in [0, 0.1) is 0 Å². The van der Waals surface area contributed by atoms with Crippen LogP contribution in [-0.4, -0.2) is 71.3 Å². The lowest BCUT2D eigenvalue weighted by Gasteiger charge is -2.32. The van der Waals surface area contributed by atoms with Gasteiger partial charge in [-0.05, 0) is 13.3 Å². The second-order valence-electron chi connectivity index (χ2n) is 4.46. The summed E-state index contributed by atoms with van der Waals surface area (Å²) in [7, 11) is 0. The van der Waals surface area contributed by atoms with Gasteiger partial charge in [0, 0.05) is 32.6 Å². The summed E-state index contributed by atoms with van der Waals surface area (Å²) in [5, 5.41) is 11.0. The summed E-state index contributed by atoms with van der Waals surface area (Å²) in [5.74, 6) is -2.56. The van der Waals surface area contributed by atoms with Crippen molar-refractivity contribution >= 4 is 23.7 Å². The number of carboxylic acid groups (broad SMARTS) is 1. The van der Waals surface area contributed by atoms with E-state index in [9.17, 15) is 19.2 Å². The number of hydrogen-bond donors (Lipinski definition) is 2. The number of nitrogens with one attached hydrogen (secondary N) is 1. The molecule has 2 N–H and O–H groups in total. The molecule has 0 aromatic carbocycles. The number of carbonyl (C=O) groups excluding carboxylic acids is 3. The number of hydrogen-bond acceptors (Lipinski definition) is 4. The lowest BCUT2D eigenvalue weighted by Crippen LogP contribution is -2.56. The van der Waals surface area contributed by atoms with Crippen LogP contribution in [0.1, 0.15) is 19.8 Å². The maximum absolute atomic E-state index is 11.7. The van der Waals surface area contributed by atoms with E-state index in [1.165, 1.54) is 9.80 Å². The largest absolute Gasteiger partial charge is 0.481 e.